The third-order valence-corrected chi connectivity index (χ3v) is 3.81. The number of carbonyl (C=O) groups excluding carboxylic acids is 1. The normalized spacial score (nSPS) is 14.1. The molecular weight excluding hydrogens is 280 g/mol. The largest absolute Gasteiger partial charge is 0.366 e. The second-order valence-electron chi connectivity index (χ2n) is 5.54. The van der Waals surface area contributed by atoms with Crippen LogP contribution in [0.2, 0.25) is 0 Å². The van der Waals surface area contributed by atoms with Gasteiger partial charge in [-0.2, -0.15) is 5.10 Å². The molecule has 0 saturated carbocycles. The van der Waals surface area contributed by atoms with Gasteiger partial charge in [0.1, 0.15) is 5.69 Å². The van der Waals surface area contributed by atoms with Crippen LogP contribution in [-0.2, 0) is 0 Å². The predicted molar refractivity (Wildman–Crippen MR) is 85.5 cm³/mol. The number of amides is 1. The molecule has 0 fully saturated rings. The Bertz CT molecular complexity index is 733. The Morgan fingerprint density at radius 3 is 2.50 bits per heavy atom. The lowest BCUT2D eigenvalue weighted by Gasteiger charge is -2.39. The first-order valence-corrected chi connectivity index (χ1v) is 7.31. The fourth-order valence-electron chi connectivity index (χ4n) is 2.73. The van der Waals surface area contributed by atoms with Crippen LogP contribution in [-0.4, -0.2) is 35.2 Å². The van der Waals surface area contributed by atoms with Crippen LogP contribution in [0.5, 0.6) is 0 Å². The van der Waals surface area contributed by atoms with E-state index < -0.39 is 0 Å². The van der Waals surface area contributed by atoms with Gasteiger partial charge in [-0.1, -0.05) is 12.1 Å². The third-order valence-electron chi connectivity index (χ3n) is 3.81. The fourth-order valence-corrected chi connectivity index (χ4v) is 2.73. The molecule has 0 radical (unpaired) electrons. The van der Waals surface area contributed by atoms with E-state index in [9.17, 15) is 9.59 Å². The molecule has 22 heavy (non-hydrogen) atoms. The maximum absolute atomic E-state index is 12.7. The molecule has 1 aromatic carbocycles. The van der Waals surface area contributed by atoms with Crippen molar-refractivity contribution in [3.63, 3.8) is 0 Å². The Morgan fingerprint density at radius 1 is 1.14 bits per heavy atom. The number of aromatic amines is 1. The van der Waals surface area contributed by atoms with E-state index in [1.807, 2.05) is 24.3 Å². The summed E-state index contributed by atoms with van der Waals surface area (Å²) in [4.78, 5) is 27.8. The zero-order valence-electron chi connectivity index (χ0n) is 12.6. The van der Waals surface area contributed by atoms with Crippen LogP contribution in [0.15, 0.2) is 41.2 Å². The van der Waals surface area contributed by atoms with Gasteiger partial charge in [0.15, 0.2) is 0 Å². The quantitative estimate of drug-likeness (QED) is 0.915. The monoisotopic (exact) mass is 298 g/mol. The Hall–Kier alpha value is -2.63. The van der Waals surface area contributed by atoms with Crippen LogP contribution in [0.4, 0.5) is 11.4 Å². The van der Waals surface area contributed by atoms with E-state index in [0.29, 0.717) is 12.6 Å². The van der Waals surface area contributed by atoms with Gasteiger partial charge in [-0.25, -0.2) is 5.10 Å². The molecule has 6 nitrogen and oxygen atoms in total. The van der Waals surface area contributed by atoms with Crippen LogP contribution in [0.25, 0.3) is 0 Å². The number of anilines is 2. The average molecular weight is 298 g/mol. The number of carbonyl (C=O) groups is 1. The Balaban J connectivity index is 1.98. The van der Waals surface area contributed by atoms with Crippen molar-refractivity contribution in [1.29, 1.82) is 0 Å². The molecule has 1 N–H and O–H groups in total. The number of benzene rings is 1. The highest BCUT2D eigenvalue weighted by Crippen LogP contribution is 2.34. The molecule has 2 aromatic rings. The highest BCUT2D eigenvalue weighted by Gasteiger charge is 2.28. The summed E-state index contributed by atoms with van der Waals surface area (Å²) in [5.74, 6) is -0.202. The summed E-state index contributed by atoms with van der Waals surface area (Å²) in [5.41, 5.74) is 1.84. The first-order chi connectivity index (χ1) is 10.6. The first-order valence-electron chi connectivity index (χ1n) is 7.31. The van der Waals surface area contributed by atoms with Gasteiger partial charge < -0.3 is 9.80 Å². The predicted octanol–water partition coefficient (Wildman–Crippen LogP) is 1.65. The van der Waals surface area contributed by atoms with Gasteiger partial charge in [0.25, 0.3) is 11.5 Å². The second kappa shape index (κ2) is 5.63. The molecule has 0 spiro atoms. The third kappa shape index (κ3) is 2.47. The number of para-hydroxylation sites is 2. The summed E-state index contributed by atoms with van der Waals surface area (Å²) >= 11 is 0. The molecule has 0 atom stereocenters. The van der Waals surface area contributed by atoms with Gasteiger partial charge in [0.05, 0.1) is 11.4 Å². The van der Waals surface area contributed by atoms with Crippen molar-refractivity contribution >= 4 is 17.3 Å². The Kier molecular flexibility index (Phi) is 3.66. The number of H-pyrrole nitrogens is 1. The van der Waals surface area contributed by atoms with E-state index in [1.165, 1.54) is 12.1 Å². The Morgan fingerprint density at radius 2 is 1.86 bits per heavy atom. The fraction of sp³-hybridized carbons (Fsp3) is 0.312. The molecule has 1 aliphatic rings. The van der Waals surface area contributed by atoms with E-state index in [2.05, 4.69) is 28.9 Å². The van der Waals surface area contributed by atoms with Crippen molar-refractivity contribution in [3.8, 4) is 0 Å². The van der Waals surface area contributed by atoms with Gasteiger partial charge >= 0.3 is 0 Å². The summed E-state index contributed by atoms with van der Waals surface area (Å²) in [6.07, 6.45) is 0. The Labute approximate surface area is 128 Å². The number of nitrogens with zero attached hydrogens (tertiary/aromatic N) is 3. The number of rotatable bonds is 2. The topological polar surface area (TPSA) is 69.3 Å². The zero-order valence-corrected chi connectivity index (χ0v) is 12.6. The van der Waals surface area contributed by atoms with E-state index in [1.54, 1.807) is 4.90 Å². The van der Waals surface area contributed by atoms with Gasteiger partial charge in [-0.15, -0.1) is 0 Å². The minimum atomic E-state index is -0.318. The maximum atomic E-state index is 12.7. The molecule has 6 heteroatoms. The minimum absolute atomic E-state index is 0.202. The van der Waals surface area contributed by atoms with Gasteiger partial charge in [0, 0.05) is 25.2 Å². The van der Waals surface area contributed by atoms with Crippen molar-refractivity contribution in [2.45, 2.75) is 19.9 Å². The van der Waals surface area contributed by atoms with Crippen LogP contribution >= 0.6 is 0 Å². The van der Waals surface area contributed by atoms with E-state index in [4.69, 9.17) is 0 Å². The average Bonchev–Trinajstić information content (AvgIpc) is 2.53. The number of fused-ring (bicyclic) bond motifs is 1. The van der Waals surface area contributed by atoms with Crippen molar-refractivity contribution in [2.75, 3.05) is 22.9 Å². The smallest absolute Gasteiger partial charge is 0.278 e. The minimum Gasteiger partial charge on any atom is -0.366 e. The van der Waals surface area contributed by atoms with Gasteiger partial charge in [-0.3, -0.25) is 9.59 Å². The first kappa shape index (κ1) is 14.3. The molecule has 3 rings (SSSR count). The van der Waals surface area contributed by atoms with E-state index in [-0.39, 0.29) is 17.2 Å². The van der Waals surface area contributed by atoms with Crippen LogP contribution in [0, 0.1) is 0 Å². The molecule has 2 heterocycles. The zero-order chi connectivity index (χ0) is 15.7. The van der Waals surface area contributed by atoms with Crippen LogP contribution < -0.4 is 15.4 Å². The molecule has 0 aliphatic carbocycles. The van der Waals surface area contributed by atoms with E-state index >= 15 is 0 Å². The van der Waals surface area contributed by atoms with Crippen LogP contribution in [0.1, 0.15) is 24.3 Å². The molecule has 1 amide bonds. The second-order valence-corrected chi connectivity index (χ2v) is 5.54. The summed E-state index contributed by atoms with van der Waals surface area (Å²) in [6, 6.07) is 11.0. The highest BCUT2D eigenvalue weighted by atomic mass is 16.2. The van der Waals surface area contributed by atoms with Gasteiger partial charge in [-0.05, 0) is 32.0 Å². The lowest BCUT2D eigenvalue weighted by molar-refractivity contribution is 0.0980. The van der Waals surface area contributed by atoms with Crippen molar-refractivity contribution in [1.82, 2.24) is 10.2 Å². The van der Waals surface area contributed by atoms with Gasteiger partial charge in [0.2, 0.25) is 0 Å². The number of nitrogens with one attached hydrogen (secondary N) is 1. The standard InChI is InChI=1S/C16H18N4O2/c1-11(2)19-9-10-20(14-6-4-3-5-13(14)19)16(22)12-7-8-15(21)18-17-12/h3-8,11H,9-10H2,1-2H3,(H,18,21). The van der Waals surface area contributed by atoms with Crippen molar-refractivity contribution < 1.29 is 4.79 Å². The number of hydrogen-bond donors (Lipinski definition) is 1. The lowest BCUT2D eigenvalue weighted by Crippen LogP contribution is -2.46. The molecular formula is C16H18N4O2. The van der Waals surface area contributed by atoms with Crippen molar-refractivity contribution in [2.24, 2.45) is 0 Å². The van der Waals surface area contributed by atoms with Crippen molar-refractivity contribution in [3.05, 3.63) is 52.4 Å². The summed E-state index contributed by atoms with van der Waals surface area (Å²) < 4.78 is 0. The lowest BCUT2D eigenvalue weighted by atomic mass is 10.1. The molecule has 0 unspecified atom stereocenters. The summed E-state index contributed by atoms with van der Waals surface area (Å²) in [7, 11) is 0. The molecule has 114 valence electrons. The SMILES string of the molecule is CC(C)N1CCN(C(=O)c2ccc(=O)[nH]n2)c2ccccc21. The number of hydrogen-bond acceptors (Lipinski definition) is 4. The molecule has 0 bridgehead atoms. The molecule has 1 aliphatic heterocycles. The number of aromatic nitrogens is 2. The summed E-state index contributed by atoms with van der Waals surface area (Å²) in [6.45, 7) is 5.63. The summed E-state index contributed by atoms with van der Waals surface area (Å²) in [5, 5.41) is 6.15. The maximum Gasteiger partial charge on any atom is 0.278 e. The molecule has 1 aromatic heterocycles. The van der Waals surface area contributed by atoms with E-state index in [0.717, 1.165) is 17.9 Å². The highest BCUT2D eigenvalue weighted by molar-refractivity contribution is 6.07. The van der Waals surface area contributed by atoms with Crippen LogP contribution in [0.3, 0.4) is 0 Å². The molecule has 0 saturated heterocycles.